The van der Waals surface area contributed by atoms with Gasteiger partial charge in [-0.15, -0.1) is 11.4 Å². The number of hydrogen-bond donors (Lipinski definition) is 0. The smallest absolute Gasteiger partial charge is 0.660 e. The van der Waals surface area contributed by atoms with E-state index in [1.165, 1.54) is 22.3 Å². The number of allylic oxidation sites excluding steroid dienone is 4. The van der Waals surface area contributed by atoms with Crippen molar-refractivity contribution in [3.05, 3.63) is 123 Å². The van der Waals surface area contributed by atoms with Gasteiger partial charge in [-0.3, -0.25) is 9.98 Å². The third-order valence-electron chi connectivity index (χ3n) is 12.6. The predicted octanol–water partition coefficient (Wildman–Crippen LogP) is 15.0. The van der Waals surface area contributed by atoms with E-state index in [1.807, 2.05) is 12.4 Å². The monoisotopic (exact) mass is 958 g/mol. The fourth-order valence-electron chi connectivity index (χ4n) is 8.26. The number of hydrogen-bond acceptors (Lipinski definition) is 3. The molecular weight excluding hydrogens is 872 g/mol. The van der Waals surface area contributed by atoms with Gasteiger partial charge in [0.15, 0.2) is 0 Å². The van der Waals surface area contributed by atoms with E-state index in [-0.39, 0.29) is 62.8 Å². The SMILES string of the molecule is Cn1cccc1/C(=C1/N=C(C(C)(C)C)C=C1C(C)(C)C)c1[n-]c(C(C)(C)C)cc1C(C)(C)C.Cn1ccnc1/C(=C1/N=C(C(C)(C)C)C=C1C(C)(C)C)c1[n-]c(C(C)(C)C)cc1C(C)(C)C.[Zn+2]. The molecule has 6 rings (SSSR count). The van der Waals surface area contributed by atoms with E-state index >= 15 is 0 Å². The molecule has 0 atom stereocenters. The van der Waals surface area contributed by atoms with Crippen LogP contribution in [0.2, 0.25) is 0 Å². The molecule has 0 saturated carbocycles. The van der Waals surface area contributed by atoms with Crippen molar-refractivity contribution in [1.82, 2.24) is 24.1 Å². The van der Waals surface area contributed by atoms with Crippen LogP contribution in [0.25, 0.3) is 11.1 Å². The van der Waals surface area contributed by atoms with Crippen molar-refractivity contribution in [1.29, 1.82) is 0 Å². The van der Waals surface area contributed by atoms with Crippen molar-refractivity contribution in [3.8, 4) is 0 Å². The maximum atomic E-state index is 5.33. The summed E-state index contributed by atoms with van der Waals surface area (Å²) in [5.74, 6) is 0.906. The number of aryl methyl sites for hydroxylation is 2. The zero-order valence-electron chi connectivity index (χ0n) is 47.0. The van der Waals surface area contributed by atoms with Gasteiger partial charge in [-0.1, -0.05) is 189 Å². The van der Waals surface area contributed by atoms with Crippen LogP contribution < -0.4 is 9.97 Å². The zero-order valence-corrected chi connectivity index (χ0v) is 50.0. The van der Waals surface area contributed by atoms with Crippen molar-refractivity contribution >= 4 is 22.6 Å². The summed E-state index contributed by atoms with van der Waals surface area (Å²) in [6.07, 6.45) is 10.6. The Hall–Kier alpha value is -4.03. The van der Waals surface area contributed by atoms with E-state index in [2.05, 4.69) is 232 Å². The Morgan fingerprint density at radius 2 is 0.851 bits per heavy atom. The van der Waals surface area contributed by atoms with Crippen molar-refractivity contribution in [2.75, 3.05) is 0 Å². The zero-order chi connectivity index (χ0) is 50.3. The Balaban J connectivity index is 0.000000288. The van der Waals surface area contributed by atoms with Gasteiger partial charge in [-0.2, -0.15) is 11.4 Å². The molecule has 0 N–H and O–H groups in total. The van der Waals surface area contributed by atoms with E-state index in [0.717, 1.165) is 68.3 Å². The molecule has 360 valence electrons. The largest absolute Gasteiger partial charge is 2.00 e. The second kappa shape index (κ2) is 18.4. The van der Waals surface area contributed by atoms with Crippen LogP contribution in [-0.4, -0.2) is 25.5 Å². The first-order valence-electron chi connectivity index (χ1n) is 24.2. The molecule has 7 nitrogen and oxygen atoms in total. The molecule has 0 amide bonds. The molecule has 0 aliphatic carbocycles. The molecule has 2 aliphatic heterocycles. The van der Waals surface area contributed by atoms with Crippen molar-refractivity contribution in [2.45, 2.75) is 188 Å². The molecule has 0 unspecified atom stereocenters. The van der Waals surface area contributed by atoms with Gasteiger partial charge in [0.2, 0.25) is 0 Å². The Labute approximate surface area is 420 Å². The van der Waals surface area contributed by atoms with Crippen LogP contribution in [0.1, 0.15) is 212 Å². The van der Waals surface area contributed by atoms with E-state index in [9.17, 15) is 0 Å². The average Bonchev–Trinajstić information content (AvgIpc) is 3.96. The Morgan fingerprint density at radius 3 is 1.15 bits per heavy atom. The van der Waals surface area contributed by atoms with Crippen LogP contribution in [-0.2, 0) is 55.2 Å². The summed E-state index contributed by atoms with van der Waals surface area (Å²) in [4.78, 5) is 26.0. The summed E-state index contributed by atoms with van der Waals surface area (Å²) in [5, 5.41) is 0. The molecule has 0 bridgehead atoms. The average molecular weight is 960 g/mol. The van der Waals surface area contributed by atoms with Gasteiger partial charge in [-0.05, 0) is 67.9 Å². The molecule has 8 heteroatoms. The second-order valence-corrected chi connectivity index (χ2v) is 27.2. The van der Waals surface area contributed by atoms with E-state index in [4.69, 9.17) is 24.9 Å². The number of rotatable bonds is 4. The van der Waals surface area contributed by atoms with Gasteiger partial charge >= 0.3 is 19.5 Å². The van der Waals surface area contributed by atoms with Gasteiger partial charge in [0, 0.05) is 71.8 Å². The topological polar surface area (TPSA) is 75.7 Å². The molecule has 0 spiro atoms. The third-order valence-corrected chi connectivity index (χ3v) is 12.6. The second-order valence-electron chi connectivity index (χ2n) is 27.2. The van der Waals surface area contributed by atoms with Gasteiger partial charge in [0.05, 0.1) is 11.4 Å². The van der Waals surface area contributed by atoms with E-state index in [1.54, 1.807) is 0 Å². The minimum Gasteiger partial charge on any atom is -0.660 e. The number of aromatic nitrogens is 5. The standard InChI is InChI=1S/C30H44N3.C29H43N4.Zn/c1-27(2,3)19-17-22(29(7,8)9)31-25(19)24(21-15-14-16-33(21)13)26-20(28(4,5)6)18-23(32-26)30(10,11)12;1-26(2,3)18-16-20(28(7,8)9)31-23(18)22(25-30-14-15-33(25)13)24-19(27(4,5)6)17-21(32-24)29(10,11)12;/h14-18H,1-13H3;14-17H,1-13H3;/q2*-1;+2/b25-24-;23-22+;. The molecular formula is C59H87N7Zn. The summed E-state index contributed by atoms with van der Waals surface area (Å²) in [6, 6.07) is 8.93. The first kappa shape index (κ1) is 55.6. The summed E-state index contributed by atoms with van der Waals surface area (Å²) in [7, 11) is 4.17. The van der Waals surface area contributed by atoms with Crippen LogP contribution in [0.15, 0.2) is 87.5 Å². The number of nitrogens with zero attached hydrogens (tertiary/aromatic N) is 7. The first-order valence-corrected chi connectivity index (χ1v) is 24.2. The molecule has 4 aromatic heterocycles. The third kappa shape index (κ3) is 12.1. The summed E-state index contributed by atoms with van der Waals surface area (Å²) < 4.78 is 4.29. The fraction of sp³-hybridized carbons (Fsp3) is 0.576. The maximum absolute atomic E-state index is 5.33. The minimum absolute atomic E-state index is 0. The van der Waals surface area contributed by atoms with Gasteiger partial charge < -0.3 is 19.1 Å². The van der Waals surface area contributed by atoms with Crippen molar-refractivity contribution < 1.29 is 19.5 Å². The summed E-state index contributed by atoms with van der Waals surface area (Å²) in [5.41, 5.74) is 16.6. The quantitative estimate of drug-likeness (QED) is 0.191. The maximum Gasteiger partial charge on any atom is 2.00 e. The normalized spacial score (nSPS) is 17.1. The predicted molar refractivity (Wildman–Crippen MR) is 284 cm³/mol. The Morgan fingerprint density at radius 1 is 0.463 bits per heavy atom. The summed E-state index contributed by atoms with van der Waals surface area (Å²) in [6.45, 7) is 54.1. The Bertz CT molecular complexity index is 2460. The molecule has 0 fully saturated rings. The van der Waals surface area contributed by atoms with E-state index < -0.39 is 0 Å². The van der Waals surface area contributed by atoms with Crippen LogP contribution in [0.5, 0.6) is 0 Å². The molecule has 6 heterocycles. The van der Waals surface area contributed by atoms with Crippen LogP contribution in [0, 0.1) is 21.7 Å². The minimum atomic E-state index is -0.0659. The van der Waals surface area contributed by atoms with Crippen LogP contribution in [0.4, 0.5) is 0 Å². The van der Waals surface area contributed by atoms with Gasteiger partial charge in [0.25, 0.3) is 0 Å². The molecule has 2 aliphatic rings. The molecule has 0 aromatic carbocycles. The first-order chi connectivity index (χ1) is 29.6. The summed E-state index contributed by atoms with van der Waals surface area (Å²) >= 11 is 0. The van der Waals surface area contributed by atoms with Crippen LogP contribution in [0.3, 0.4) is 0 Å². The van der Waals surface area contributed by atoms with E-state index in [0.29, 0.717) is 0 Å². The van der Waals surface area contributed by atoms with Gasteiger partial charge in [-0.25, -0.2) is 4.98 Å². The molecule has 0 radical (unpaired) electrons. The number of imidazole rings is 1. The van der Waals surface area contributed by atoms with Crippen LogP contribution >= 0.6 is 0 Å². The molecule has 0 saturated heterocycles. The number of aliphatic imine (C=N–C) groups is 2. The molecule has 4 aromatic rings. The molecule has 67 heavy (non-hydrogen) atoms. The fourth-order valence-corrected chi connectivity index (χ4v) is 8.26. The van der Waals surface area contributed by atoms with Gasteiger partial charge in [0.1, 0.15) is 5.82 Å². The Kier molecular flexibility index (Phi) is 15.2. The van der Waals surface area contributed by atoms with Crippen molar-refractivity contribution in [2.24, 2.45) is 45.7 Å². The van der Waals surface area contributed by atoms with Crippen molar-refractivity contribution in [3.63, 3.8) is 0 Å².